The molecule has 0 bridgehead atoms. The Bertz CT molecular complexity index is 522. The molecule has 6 nitrogen and oxygen atoms in total. The minimum Gasteiger partial charge on any atom is -0.508 e. The largest absolute Gasteiger partial charge is 0.508 e. The fraction of sp³-hybridized carbons (Fsp3) is 0. The Hall–Kier alpha value is -2.63. The van der Waals surface area contributed by atoms with E-state index in [0.717, 1.165) is 12.4 Å². The van der Waals surface area contributed by atoms with E-state index in [1.54, 1.807) is 12.1 Å². The van der Waals surface area contributed by atoms with Gasteiger partial charge in [-0.25, -0.2) is 14.8 Å². The van der Waals surface area contributed by atoms with Gasteiger partial charge in [-0.05, 0) is 24.3 Å². The van der Waals surface area contributed by atoms with E-state index < -0.39 is 5.97 Å². The SMILES string of the molecule is O=C(O)c1cnc(Oc2ccc(O)cc2)nc1. The molecule has 0 saturated heterocycles. The van der Waals surface area contributed by atoms with Crippen molar-refractivity contribution in [3.05, 3.63) is 42.2 Å². The van der Waals surface area contributed by atoms with Gasteiger partial charge in [0, 0.05) is 12.4 Å². The van der Waals surface area contributed by atoms with E-state index in [1.807, 2.05) is 0 Å². The highest BCUT2D eigenvalue weighted by molar-refractivity contribution is 5.86. The van der Waals surface area contributed by atoms with Crippen LogP contribution < -0.4 is 4.74 Å². The summed E-state index contributed by atoms with van der Waals surface area (Å²) in [7, 11) is 0. The highest BCUT2D eigenvalue weighted by Gasteiger charge is 2.05. The monoisotopic (exact) mass is 232 g/mol. The van der Waals surface area contributed by atoms with Crippen LogP contribution in [0, 0.1) is 0 Å². The molecule has 0 radical (unpaired) electrons. The number of carboxylic acids is 1. The minimum absolute atomic E-state index is 0.0111. The zero-order valence-electron chi connectivity index (χ0n) is 8.57. The van der Waals surface area contributed by atoms with Crippen LogP contribution in [0.1, 0.15) is 10.4 Å². The number of nitrogens with zero attached hydrogens (tertiary/aromatic N) is 2. The van der Waals surface area contributed by atoms with Gasteiger partial charge in [-0.15, -0.1) is 0 Å². The number of hydrogen-bond acceptors (Lipinski definition) is 5. The van der Waals surface area contributed by atoms with Crippen LogP contribution in [0.25, 0.3) is 0 Å². The van der Waals surface area contributed by atoms with Crippen molar-refractivity contribution in [2.24, 2.45) is 0 Å². The van der Waals surface area contributed by atoms with Crippen molar-refractivity contribution in [3.63, 3.8) is 0 Å². The van der Waals surface area contributed by atoms with E-state index in [2.05, 4.69) is 9.97 Å². The lowest BCUT2D eigenvalue weighted by molar-refractivity contribution is 0.0696. The second kappa shape index (κ2) is 4.48. The second-order valence-corrected chi connectivity index (χ2v) is 3.16. The van der Waals surface area contributed by atoms with Crippen LogP contribution in [-0.2, 0) is 0 Å². The quantitative estimate of drug-likeness (QED) is 0.836. The molecule has 1 aromatic carbocycles. The molecule has 0 atom stereocenters. The van der Waals surface area contributed by atoms with E-state index >= 15 is 0 Å². The number of carbonyl (C=O) groups is 1. The molecular formula is C11H8N2O4. The standard InChI is InChI=1S/C11H8N2O4/c14-8-1-3-9(4-2-8)17-11-12-5-7(6-13-11)10(15)16/h1-6,14H,(H,15,16). The van der Waals surface area contributed by atoms with Crippen LogP contribution in [0.2, 0.25) is 0 Å². The van der Waals surface area contributed by atoms with Crippen LogP contribution in [0.4, 0.5) is 0 Å². The summed E-state index contributed by atoms with van der Waals surface area (Å²) in [6.45, 7) is 0. The van der Waals surface area contributed by atoms with E-state index in [4.69, 9.17) is 14.9 Å². The molecule has 0 amide bonds. The van der Waals surface area contributed by atoms with Gasteiger partial charge in [-0.1, -0.05) is 0 Å². The zero-order valence-corrected chi connectivity index (χ0v) is 8.57. The summed E-state index contributed by atoms with van der Waals surface area (Å²) in [6.07, 6.45) is 2.32. The average molecular weight is 232 g/mol. The van der Waals surface area contributed by atoms with Gasteiger partial charge in [0.2, 0.25) is 0 Å². The molecule has 6 heteroatoms. The number of phenolic OH excluding ortho intramolecular Hbond substituents is 1. The topological polar surface area (TPSA) is 92.5 Å². The Morgan fingerprint density at radius 1 is 1.12 bits per heavy atom. The number of aromatic nitrogens is 2. The highest BCUT2D eigenvalue weighted by atomic mass is 16.5. The fourth-order valence-corrected chi connectivity index (χ4v) is 1.10. The van der Waals surface area contributed by atoms with E-state index in [9.17, 15) is 4.79 Å². The maximum absolute atomic E-state index is 10.6. The smallest absolute Gasteiger partial charge is 0.338 e. The van der Waals surface area contributed by atoms with Crippen LogP contribution in [0.3, 0.4) is 0 Å². The lowest BCUT2D eigenvalue weighted by Gasteiger charge is -2.03. The molecule has 2 rings (SSSR count). The van der Waals surface area contributed by atoms with Crippen molar-refractivity contribution in [2.45, 2.75) is 0 Å². The molecule has 0 aliphatic rings. The van der Waals surface area contributed by atoms with Gasteiger partial charge in [0.1, 0.15) is 11.5 Å². The summed E-state index contributed by atoms with van der Waals surface area (Å²) < 4.78 is 5.24. The fourth-order valence-electron chi connectivity index (χ4n) is 1.10. The third-order valence-corrected chi connectivity index (χ3v) is 1.92. The van der Waals surface area contributed by atoms with Crippen molar-refractivity contribution >= 4 is 5.97 Å². The molecule has 0 aliphatic carbocycles. The maximum Gasteiger partial charge on any atom is 0.338 e. The zero-order chi connectivity index (χ0) is 12.3. The van der Waals surface area contributed by atoms with E-state index in [1.165, 1.54) is 12.1 Å². The molecular weight excluding hydrogens is 224 g/mol. The van der Waals surface area contributed by atoms with Crippen molar-refractivity contribution in [2.75, 3.05) is 0 Å². The first-order valence-corrected chi connectivity index (χ1v) is 4.67. The van der Waals surface area contributed by atoms with Crippen molar-refractivity contribution in [1.82, 2.24) is 9.97 Å². The van der Waals surface area contributed by atoms with Gasteiger partial charge in [0.15, 0.2) is 0 Å². The van der Waals surface area contributed by atoms with Gasteiger partial charge >= 0.3 is 12.0 Å². The van der Waals surface area contributed by atoms with Crippen LogP contribution in [-0.4, -0.2) is 26.2 Å². The summed E-state index contributed by atoms with van der Waals surface area (Å²) in [5.41, 5.74) is -0.0111. The van der Waals surface area contributed by atoms with Gasteiger partial charge < -0.3 is 14.9 Å². The number of carboxylic acid groups (broad SMARTS) is 1. The van der Waals surface area contributed by atoms with Crippen molar-refractivity contribution in [1.29, 1.82) is 0 Å². The van der Waals surface area contributed by atoms with Crippen LogP contribution in [0.15, 0.2) is 36.7 Å². The first-order valence-electron chi connectivity index (χ1n) is 4.67. The molecule has 86 valence electrons. The van der Waals surface area contributed by atoms with Crippen LogP contribution in [0.5, 0.6) is 17.5 Å². The number of aromatic hydroxyl groups is 1. The predicted octanol–water partition coefficient (Wildman–Crippen LogP) is 1.67. The number of hydrogen-bond donors (Lipinski definition) is 2. The predicted molar refractivity (Wildman–Crippen MR) is 57.2 cm³/mol. The minimum atomic E-state index is -1.10. The number of ether oxygens (including phenoxy) is 1. The normalized spacial score (nSPS) is 9.88. The molecule has 0 fully saturated rings. The lowest BCUT2D eigenvalue weighted by atomic mass is 10.3. The summed E-state index contributed by atoms with van der Waals surface area (Å²) in [4.78, 5) is 18.0. The number of phenols is 1. The Labute approximate surface area is 96.2 Å². The maximum atomic E-state index is 10.6. The molecule has 1 heterocycles. The van der Waals surface area contributed by atoms with Crippen molar-refractivity contribution < 1.29 is 19.7 Å². The second-order valence-electron chi connectivity index (χ2n) is 3.16. The number of benzene rings is 1. The van der Waals surface area contributed by atoms with Gasteiger partial charge in [-0.2, -0.15) is 0 Å². The van der Waals surface area contributed by atoms with Crippen LogP contribution >= 0.6 is 0 Å². The summed E-state index contributed by atoms with van der Waals surface area (Å²) in [5.74, 6) is -0.522. The number of rotatable bonds is 3. The van der Waals surface area contributed by atoms with Gasteiger partial charge in [0.25, 0.3) is 0 Å². The third kappa shape index (κ3) is 2.69. The highest BCUT2D eigenvalue weighted by Crippen LogP contribution is 2.20. The molecule has 1 aromatic heterocycles. The summed E-state index contributed by atoms with van der Waals surface area (Å²) in [5, 5.41) is 17.7. The van der Waals surface area contributed by atoms with E-state index in [0.29, 0.717) is 5.75 Å². The Kier molecular flexibility index (Phi) is 2.87. The summed E-state index contributed by atoms with van der Waals surface area (Å²) >= 11 is 0. The van der Waals surface area contributed by atoms with Gasteiger partial charge in [-0.3, -0.25) is 0 Å². The Balaban J connectivity index is 2.13. The third-order valence-electron chi connectivity index (χ3n) is 1.92. The molecule has 2 N–H and O–H groups in total. The summed E-state index contributed by atoms with van der Waals surface area (Å²) in [6, 6.07) is 6.05. The van der Waals surface area contributed by atoms with Crippen molar-refractivity contribution in [3.8, 4) is 17.5 Å². The molecule has 0 spiro atoms. The average Bonchev–Trinajstić information content (AvgIpc) is 2.33. The Morgan fingerprint density at radius 3 is 2.24 bits per heavy atom. The van der Waals surface area contributed by atoms with Gasteiger partial charge in [0.05, 0.1) is 5.56 Å². The molecule has 2 aromatic rings. The molecule has 0 aliphatic heterocycles. The first kappa shape index (κ1) is 10.9. The first-order chi connectivity index (χ1) is 8.15. The van der Waals surface area contributed by atoms with E-state index in [-0.39, 0.29) is 17.3 Å². The molecule has 0 unspecified atom stereocenters. The lowest BCUT2D eigenvalue weighted by Crippen LogP contribution is -1.99. The number of aromatic carboxylic acids is 1. The molecule has 0 saturated carbocycles. The molecule has 17 heavy (non-hydrogen) atoms. The Morgan fingerprint density at radius 2 is 1.71 bits per heavy atom.